The van der Waals surface area contributed by atoms with Crippen molar-refractivity contribution in [3.8, 4) is 17.2 Å². The number of ether oxygens (including phenoxy) is 4. The number of hydrogen-bond donors (Lipinski definition) is 1. The number of ketones is 1. The van der Waals surface area contributed by atoms with Gasteiger partial charge in [-0.25, -0.2) is 0 Å². The van der Waals surface area contributed by atoms with Gasteiger partial charge >= 0.3 is 5.97 Å². The first kappa shape index (κ1) is 26.2. The lowest BCUT2D eigenvalue weighted by atomic mass is 9.96. The largest absolute Gasteiger partial charge is 0.493 e. The van der Waals surface area contributed by atoms with Gasteiger partial charge in [0.05, 0.1) is 32.8 Å². The average Bonchev–Trinajstić information content (AvgIpc) is 3.27. The molecule has 2 aromatic rings. The lowest BCUT2D eigenvalue weighted by Crippen LogP contribution is -2.34. The summed E-state index contributed by atoms with van der Waals surface area (Å²) < 4.78 is 21.1. The zero-order chi connectivity index (χ0) is 24.6. The number of Topliss-reactive ketones (excluding diaryl/α,β-unsaturated/α-hetero) is 1. The third-order valence-corrected chi connectivity index (χ3v) is 5.87. The van der Waals surface area contributed by atoms with E-state index in [0.717, 1.165) is 10.4 Å². The minimum absolute atomic E-state index is 0.0650. The predicted octanol–water partition coefficient (Wildman–Crippen LogP) is 3.79. The van der Waals surface area contributed by atoms with Crippen molar-refractivity contribution in [3.05, 3.63) is 39.6 Å². The van der Waals surface area contributed by atoms with Crippen LogP contribution >= 0.6 is 11.3 Å². The third kappa shape index (κ3) is 7.49. The lowest BCUT2D eigenvalue weighted by Gasteiger charge is -2.17. The molecule has 9 heteroatoms. The quantitative estimate of drug-likeness (QED) is 0.388. The number of benzene rings is 1. The average molecular weight is 478 g/mol. The molecule has 0 saturated carbocycles. The lowest BCUT2D eigenvalue weighted by molar-refractivity contribution is -0.142. The second-order valence-electron chi connectivity index (χ2n) is 8.32. The smallest absolute Gasteiger partial charge is 0.306 e. The van der Waals surface area contributed by atoms with E-state index < -0.39 is 11.4 Å². The number of esters is 1. The van der Waals surface area contributed by atoms with Crippen molar-refractivity contribution in [2.45, 2.75) is 40.2 Å². The second kappa shape index (κ2) is 11.7. The molecule has 0 aliphatic rings. The molecule has 8 nitrogen and oxygen atoms in total. The Hall–Kier alpha value is -3.07. The maximum atomic E-state index is 12.4. The number of rotatable bonds is 11. The van der Waals surface area contributed by atoms with Gasteiger partial charge in [-0.1, -0.05) is 20.8 Å². The number of aryl methyl sites for hydroxylation is 1. The van der Waals surface area contributed by atoms with Gasteiger partial charge in [0.1, 0.15) is 0 Å². The molecule has 1 aromatic carbocycles. The molecular weight excluding hydrogens is 446 g/mol. The Morgan fingerprint density at radius 3 is 2.15 bits per heavy atom. The molecule has 1 aromatic heterocycles. The van der Waals surface area contributed by atoms with Gasteiger partial charge in [0.2, 0.25) is 17.4 Å². The van der Waals surface area contributed by atoms with E-state index in [4.69, 9.17) is 18.9 Å². The van der Waals surface area contributed by atoms with E-state index in [2.05, 4.69) is 5.32 Å². The molecule has 0 bridgehead atoms. The molecule has 2 rings (SSSR count). The summed E-state index contributed by atoms with van der Waals surface area (Å²) in [7, 11) is 4.57. The highest BCUT2D eigenvalue weighted by molar-refractivity contribution is 7.14. The van der Waals surface area contributed by atoms with Crippen LogP contribution in [0, 0.1) is 5.41 Å². The molecule has 0 aliphatic carbocycles. The SMILES string of the molecule is COc1cc(CCC(=O)OCC(=O)c2ccc(CNC(=O)C(C)(C)C)s2)cc(OC)c1OC. The Labute approximate surface area is 198 Å². The topological polar surface area (TPSA) is 100 Å². The Balaban J connectivity index is 1.85. The second-order valence-corrected chi connectivity index (χ2v) is 9.48. The number of methoxy groups -OCH3 is 3. The normalized spacial score (nSPS) is 11.0. The fourth-order valence-electron chi connectivity index (χ4n) is 2.87. The summed E-state index contributed by atoms with van der Waals surface area (Å²) in [6, 6.07) is 7.00. The highest BCUT2D eigenvalue weighted by Gasteiger charge is 2.21. The van der Waals surface area contributed by atoms with Crippen LogP contribution in [0.5, 0.6) is 17.2 Å². The third-order valence-electron chi connectivity index (χ3n) is 4.75. The molecule has 0 fully saturated rings. The molecule has 0 unspecified atom stereocenters. The summed E-state index contributed by atoms with van der Waals surface area (Å²) >= 11 is 1.27. The van der Waals surface area contributed by atoms with Gasteiger partial charge in [0.25, 0.3) is 0 Å². The number of carbonyl (C=O) groups excluding carboxylic acids is 3. The van der Waals surface area contributed by atoms with Crippen LogP contribution in [0.4, 0.5) is 0 Å². The summed E-state index contributed by atoms with van der Waals surface area (Å²) in [6.45, 7) is 5.52. The van der Waals surface area contributed by atoms with Crippen LogP contribution in [0.3, 0.4) is 0 Å². The van der Waals surface area contributed by atoms with Crippen molar-refractivity contribution < 1.29 is 33.3 Å². The molecule has 0 atom stereocenters. The fourth-order valence-corrected chi connectivity index (χ4v) is 3.74. The Morgan fingerprint density at radius 2 is 1.61 bits per heavy atom. The Bertz CT molecular complexity index is 966. The van der Waals surface area contributed by atoms with Crippen molar-refractivity contribution in [3.63, 3.8) is 0 Å². The zero-order valence-electron chi connectivity index (χ0n) is 19.9. The Kier molecular flexibility index (Phi) is 9.28. The van der Waals surface area contributed by atoms with Gasteiger partial charge in [-0.05, 0) is 36.2 Å². The molecule has 0 spiro atoms. The van der Waals surface area contributed by atoms with E-state index in [0.29, 0.717) is 35.1 Å². The van der Waals surface area contributed by atoms with E-state index in [9.17, 15) is 14.4 Å². The molecule has 0 radical (unpaired) electrons. The molecule has 0 aliphatic heterocycles. The van der Waals surface area contributed by atoms with E-state index in [1.807, 2.05) is 20.8 Å². The van der Waals surface area contributed by atoms with Crippen LogP contribution < -0.4 is 19.5 Å². The summed E-state index contributed by atoms with van der Waals surface area (Å²) in [5.74, 6) is 0.654. The standard InChI is InChI=1S/C24H31NO7S/c1-24(2,3)23(28)25-13-16-8-9-20(33-16)17(26)14-32-21(27)10-7-15-11-18(29-4)22(31-6)19(12-15)30-5/h8-9,11-12H,7,10,13-14H2,1-6H3,(H,25,28). The van der Waals surface area contributed by atoms with Crippen molar-refractivity contribution in [2.24, 2.45) is 5.41 Å². The zero-order valence-corrected chi connectivity index (χ0v) is 20.7. The predicted molar refractivity (Wildman–Crippen MR) is 125 cm³/mol. The van der Waals surface area contributed by atoms with Gasteiger partial charge in [-0.2, -0.15) is 0 Å². The summed E-state index contributed by atoms with van der Waals surface area (Å²) in [5, 5.41) is 2.85. The molecule has 33 heavy (non-hydrogen) atoms. The maximum absolute atomic E-state index is 12.4. The summed E-state index contributed by atoms with van der Waals surface area (Å²) in [5.41, 5.74) is 0.333. The molecular formula is C24H31NO7S. The van der Waals surface area contributed by atoms with Crippen LogP contribution in [0.1, 0.15) is 47.3 Å². The van der Waals surface area contributed by atoms with Crippen LogP contribution in [0.15, 0.2) is 24.3 Å². The first-order chi connectivity index (χ1) is 15.6. The van der Waals surface area contributed by atoms with Crippen molar-refractivity contribution in [1.29, 1.82) is 0 Å². The van der Waals surface area contributed by atoms with Crippen LogP contribution in [0.25, 0.3) is 0 Å². The first-order valence-corrected chi connectivity index (χ1v) is 11.3. The molecule has 1 heterocycles. The monoisotopic (exact) mass is 477 g/mol. The molecule has 180 valence electrons. The molecule has 1 amide bonds. The van der Waals surface area contributed by atoms with E-state index in [1.165, 1.54) is 32.7 Å². The first-order valence-electron chi connectivity index (χ1n) is 10.4. The van der Waals surface area contributed by atoms with Gasteiger partial charge in [-0.3, -0.25) is 14.4 Å². The minimum Gasteiger partial charge on any atom is -0.493 e. The van der Waals surface area contributed by atoms with Gasteiger partial charge in [0, 0.05) is 16.7 Å². The molecule has 0 saturated heterocycles. The van der Waals surface area contributed by atoms with Crippen LogP contribution in [0.2, 0.25) is 0 Å². The number of carbonyl (C=O) groups is 3. The fraction of sp³-hybridized carbons (Fsp3) is 0.458. The molecule has 1 N–H and O–H groups in total. The van der Waals surface area contributed by atoms with Crippen molar-refractivity contribution in [2.75, 3.05) is 27.9 Å². The number of amides is 1. The minimum atomic E-state index is -0.480. The van der Waals surface area contributed by atoms with Crippen molar-refractivity contribution in [1.82, 2.24) is 5.32 Å². The van der Waals surface area contributed by atoms with E-state index >= 15 is 0 Å². The van der Waals surface area contributed by atoms with E-state index in [1.54, 1.807) is 24.3 Å². The van der Waals surface area contributed by atoms with Crippen LogP contribution in [-0.4, -0.2) is 45.6 Å². The summed E-state index contributed by atoms with van der Waals surface area (Å²) in [4.78, 5) is 37.8. The number of thiophene rings is 1. The number of nitrogens with one attached hydrogen (secondary N) is 1. The van der Waals surface area contributed by atoms with Gasteiger partial charge in [0.15, 0.2) is 18.1 Å². The highest BCUT2D eigenvalue weighted by Crippen LogP contribution is 2.38. The Morgan fingerprint density at radius 1 is 0.970 bits per heavy atom. The van der Waals surface area contributed by atoms with E-state index in [-0.39, 0.29) is 24.7 Å². The van der Waals surface area contributed by atoms with Crippen LogP contribution in [-0.2, 0) is 27.3 Å². The van der Waals surface area contributed by atoms with Gasteiger partial charge in [-0.15, -0.1) is 11.3 Å². The van der Waals surface area contributed by atoms with Gasteiger partial charge < -0.3 is 24.3 Å². The maximum Gasteiger partial charge on any atom is 0.306 e. The summed E-state index contributed by atoms with van der Waals surface area (Å²) in [6.07, 6.45) is 0.487. The number of hydrogen-bond acceptors (Lipinski definition) is 8. The van der Waals surface area contributed by atoms with Crippen molar-refractivity contribution >= 4 is 29.0 Å². The highest BCUT2D eigenvalue weighted by atomic mass is 32.1.